The van der Waals surface area contributed by atoms with Crippen LogP contribution >= 0.6 is 15.9 Å². The first kappa shape index (κ1) is 18.3. The highest BCUT2D eigenvalue weighted by Gasteiger charge is 2.19. The van der Waals surface area contributed by atoms with E-state index < -0.39 is 11.9 Å². The zero-order valence-electron chi connectivity index (χ0n) is 14.3. The molecule has 0 aliphatic heterocycles. The van der Waals surface area contributed by atoms with E-state index in [1.165, 1.54) is 6.07 Å². The molecule has 3 aromatic carbocycles. The first-order valence-electron chi connectivity index (χ1n) is 8.30. The normalized spacial score (nSPS) is 11.8. The molecule has 2 nitrogen and oxygen atoms in total. The SMILES string of the molecule is CC(C(=O)Oc1cccc(CBr)c1)c1ccc(-c2ccccc2)c(F)c1. The van der Waals surface area contributed by atoms with Gasteiger partial charge in [-0.2, -0.15) is 0 Å². The van der Waals surface area contributed by atoms with Crippen molar-refractivity contribution < 1.29 is 13.9 Å². The van der Waals surface area contributed by atoms with Gasteiger partial charge in [-0.1, -0.05) is 70.5 Å². The first-order chi connectivity index (χ1) is 12.6. The molecule has 0 saturated carbocycles. The summed E-state index contributed by atoms with van der Waals surface area (Å²) in [5.74, 6) is -0.847. The van der Waals surface area contributed by atoms with Gasteiger partial charge in [0.1, 0.15) is 11.6 Å². The van der Waals surface area contributed by atoms with Crippen molar-refractivity contribution in [2.75, 3.05) is 0 Å². The van der Waals surface area contributed by atoms with Crippen molar-refractivity contribution in [3.8, 4) is 16.9 Å². The summed E-state index contributed by atoms with van der Waals surface area (Å²) >= 11 is 3.38. The molecule has 0 fully saturated rings. The summed E-state index contributed by atoms with van der Waals surface area (Å²) in [6.45, 7) is 1.72. The van der Waals surface area contributed by atoms with Crippen LogP contribution in [0, 0.1) is 5.82 Å². The lowest BCUT2D eigenvalue weighted by atomic mass is 9.97. The first-order valence-corrected chi connectivity index (χ1v) is 9.42. The quantitative estimate of drug-likeness (QED) is 0.287. The highest BCUT2D eigenvalue weighted by molar-refractivity contribution is 9.08. The van der Waals surface area contributed by atoms with Crippen LogP contribution in [0.1, 0.15) is 24.0 Å². The lowest BCUT2D eigenvalue weighted by Crippen LogP contribution is -2.16. The van der Waals surface area contributed by atoms with Crippen molar-refractivity contribution in [3.63, 3.8) is 0 Å². The molecule has 0 radical (unpaired) electrons. The minimum atomic E-state index is -0.568. The van der Waals surface area contributed by atoms with Crippen LogP contribution in [-0.4, -0.2) is 5.97 Å². The second kappa shape index (κ2) is 8.28. The number of alkyl halides is 1. The molecule has 0 heterocycles. The van der Waals surface area contributed by atoms with Crippen LogP contribution in [0.4, 0.5) is 4.39 Å². The molecule has 0 aliphatic rings. The standard InChI is InChI=1S/C22H18BrFO2/c1-15(22(25)26-19-9-5-6-16(12-19)14-23)18-10-11-20(21(24)13-18)17-7-3-2-4-8-17/h2-13,15H,14H2,1H3. The Balaban J connectivity index is 1.77. The second-order valence-corrected chi connectivity index (χ2v) is 6.59. The summed E-state index contributed by atoms with van der Waals surface area (Å²) in [5.41, 5.74) is 2.92. The van der Waals surface area contributed by atoms with Crippen molar-refractivity contribution in [2.45, 2.75) is 18.2 Å². The summed E-state index contributed by atoms with van der Waals surface area (Å²) in [6.07, 6.45) is 0. The Labute approximate surface area is 160 Å². The van der Waals surface area contributed by atoms with Crippen LogP contribution in [0.2, 0.25) is 0 Å². The van der Waals surface area contributed by atoms with E-state index in [0.29, 0.717) is 22.2 Å². The summed E-state index contributed by atoms with van der Waals surface area (Å²) in [5, 5.41) is 0.681. The third-order valence-corrected chi connectivity index (χ3v) is 4.85. The van der Waals surface area contributed by atoms with Gasteiger partial charge in [0.15, 0.2) is 0 Å². The summed E-state index contributed by atoms with van der Waals surface area (Å²) in [4.78, 5) is 12.4. The predicted molar refractivity (Wildman–Crippen MR) is 105 cm³/mol. The van der Waals surface area contributed by atoms with Gasteiger partial charge in [-0.15, -0.1) is 0 Å². The highest BCUT2D eigenvalue weighted by Crippen LogP contribution is 2.27. The summed E-state index contributed by atoms with van der Waals surface area (Å²) in [6, 6.07) is 21.5. The Bertz CT molecular complexity index is 909. The van der Waals surface area contributed by atoms with E-state index in [1.807, 2.05) is 42.5 Å². The number of hydrogen-bond acceptors (Lipinski definition) is 2. The fourth-order valence-corrected chi connectivity index (χ4v) is 3.03. The van der Waals surface area contributed by atoms with Gasteiger partial charge in [0, 0.05) is 10.9 Å². The number of carbonyl (C=O) groups excluding carboxylic acids is 1. The molecule has 0 bridgehead atoms. The molecule has 0 N–H and O–H groups in total. The number of carbonyl (C=O) groups is 1. The molecule has 1 atom stereocenters. The number of esters is 1. The van der Waals surface area contributed by atoms with E-state index in [-0.39, 0.29) is 5.82 Å². The van der Waals surface area contributed by atoms with Crippen molar-refractivity contribution in [2.24, 2.45) is 0 Å². The zero-order chi connectivity index (χ0) is 18.5. The lowest BCUT2D eigenvalue weighted by molar-refractivity contribution is -0.135. The fourth-order valence-electron chi connectivity index (χ4n) is 2.69. The molecule has 4 heteroatoms. The van der Waals surface area contributed by atoms with Crippen LogP contribution in [0.5, 0.6) is 5.75 Å². The Morgan fingerprint density at radius 3 is 2.50 bits per heavy atom. The van der Waals surface area contributed by atoms with Gasteiger partial charge in [0.25, 0.3) is 0 Å². The molecule has 0 aliphatic carbocycles. The van der Waals surface area contributed by atoms with Gasteiger partial charge in [-0.3, -0.25) is 4.79 Å². The predicted octanol–water partition coefficient (Wildman–Crippen LogP) is 6.10. The maximum atomic E-state index is 14.5. The third-order valence-electron chi connectivity index (χ3n) is 4.20. The smallest absolute Gasteiger partial charge is 0.318 e. The van der Waals surface area contributed by atoms with E-state index in [4.69, 9.17) is 4.74 Å². The van der Waals surface area contributed by atoms with Crippen LogP contribution in [-0.2, 0) is 10.1 Å². The Morgan fingerprint density at radius 1 is 1.04 bits per heavy atom. The molecule has 3 aromatic rings. The number of ether oxygens (including phenoxy) is 1. The molecule has 132 valence electrons. The topological polar surface area (TPSA) is 26.3 Å². The van der Waals surface area contributed by atoms with E-state index >= 15 is 0 Å². The van der Waals surface area contributed by atoms with Crippen molar-refractivity contribution >= 4 is 21.9 Å². The average Bonchev–Trinajstić information content (AvgIpc) is 2.68. The molecule has 0 amide bonds. The number of halogens is 2. The molecule has 1 unspecified atom stereocenters. The van der Waals surface area contributed by atoms with E-state index in [0.717, 1.165) is 11.1 Å². The van der Waals surface area contributed by atoms with Crippen LogP contribution in [0.15, 0.2) is 72.8 Å². The molecule has 0 aromatic heterocycles. The average molecular weight is 413 g/mol. The second-order valence-electron chi connectivity index (χ2n) is 6.03. The maximum Gasteiger partial charge on any atom is 0.318 e. The fraction of sp³-hybridized carbons (Fsp3) is 0.136. The van der Waals surface area contributed by atoms with Crippen LogP contribution < -0.4 is 4.74 Å². The Morgan fingerprint density at radius 2 is 1.81 bits per heavy atom. The largest absolute Gasteiger partial charge is 0.426 e. The van der Waals surface area contributed by atoms with E-state index in [9.17, 15) is 9.18 Å². The van der Waals surface area contributed by atoms with Gasteiger partial charge in [0.05, 0.1) is 5.92 Å². The van der Waals surface area contributed by atoms with Gasteiger partial charge in [0.2, 0.25) is 0 Å². The van der Waals surface area contributed by atoms with E-state index in [1.54, 1.807) is 31.2 Å². The minimum absolute atomic E-state index is 0.352. The van der Waals surface area contributed by atoms with Crippen molar-refractivity contribution in [1.29, 1.82) is 0 Å². The minimum Gasteiger partial charge on any atom is -0.426 e. The molecule has 26 heavy (non-hydrogen) atoms. The Hall–Kier alpha value is -2.46. The summed E-state index contributed by atoms with van der Waals surface area (Å²) in [7, 11) is 0. The van der Waals surface area contributed by atoms with Gasteiger partial charge >= 0.3 is 5.97 Å². The Kier molecular flexibility index (Phi) is 5.84. The lowest BCUT2D eigenvalue weighted by Gasteiger charge is -2.13. The summed E-state index contributed by atoms with van der Waals surface area (Å²) < 4.78 is 20.0. The van der Waals surface area contributed by atoms with Gasteiger partial charge in [-0.05, 0) is 41.8 Å². The molecule has 0 saturated heterocycles. The molecular formula is C22H18BrFO2. The van der Waals surface area contributed by atoms with Crippen molar-refractivity contribution in [1.82, 2.24) is 0 Å². The van der Waals surface area contributed by atoms with Crippen molar-refractivity contribution in [3.05, 3.63) is 89.7 Å². The third kappa shape index (κ3) is 4.20. The monoisotopic (exact) mass is 412 g/mol. The molecule has 0 spiro atoms. The van der Waals surface area contributed by atoms with Gasteiger partial charge < -0.3 is 4.74 Å². The number of benzene rings is 3. The van der Waals surface area contributed by atoms with Crippen LogP contribution in [0.25, 0.3) is 11.1 Å². The van der Waals surface area contributed by atoms with Crippen LogP contribution in [0.3, 0.4) is 0 Å². The number of hydrogen-bond donors (Lipinski definition) is 0. The highest BCUT2D eigenvalue weighted by atomic mass is 79.9. The zero-order valence-corrected chi connectivity index (χ0v) is 15.9. The maximum absolute atomic E-state index is 14.5. The molecule has 3 rings (SSSR count). The van der Waals surface area contributed by atoms with Gasteiger partial charge in [-0.25, -0.2) is 4.39 Å². The molecular weight excluding hydrogens is 395 g/mol. The van der Waals surface area contributed by atoms with E-state index in [2.05, 4.69) is 15.9 Å². The number of rotatable bonds is 5.